The molecule has 0 aliphatic carbocycles. The first kappa shape index (κ1) is 29.0. The van der Waals surface area contributed by atoms with Crippen molar-refractivity contribution in [2.24, 2.45) is 5.92 Å². The SMILES string of the molecule is N=C(NC(=O)OCc1ccccc1)c1ccc(C(=O)N2CC[C@@H](C(=O)NCCC(=O)OCc3ccccc3)C2)cc1. The molecule has 1 saturated heterocycles. The van der Waals surface area contributed by atoms with Crippen LogP contribution < -0.4 is 10.6 Å². The third kappa shape index (κ3) is 8.76. The first-order valence-corrected chi connectivity index (χ1v) is 13.3. The van der Waals surface area contributed by atoms with E-state index in [1.807, 2.05) is 60.7 Å². The normalized spacial score (nSPS) is 14.1. The Kier molecular flexibility index (Phi) is 10.2. The van der Waals surface area contributed by atoms with Crippen molar-refractivity contribution in [1.82, 2.24) is 15.5 Å². The van der Waals surface area contributed by atoms with E-state index in [1.54, 1.807) is 29.2 Å². The fourth-order valence-electron chi connectivity index (χ4n) is 4.30. The molecule has 0 spiro atoms. The van der Waals surface area contributed by atoms with Crippen molar-refractivity contribution < 1.29 is 28.7 Å². The van der Waals surface area contributed by atoms with E-state index in [2.05, 4.69) is 10.6 Å². The number of carbonyl (C=O) groups excluding carboxylic acids is 4. The molecule has 4 rings (SSSR count). The lowest BCUT2D eigenvalue weighted by atomic mass is 10.1. The molecule has 3 aromatic rings. The Bertz CT molecular complexity index is 1360. The Labute approximate surface area is 238 Å². The van der Waals surface area contributed by atoms with Crippen molar-refractivity contribution >= 4 is 29.7 Å². The van der Waals surface area contributed by atoms with Crippen LogP contribution in [0.15, 0.2) is 84.9 Å². The number of amidine groups is 1. The zero-order valence-corrected chi connectivity index (χ0v) is 22.5. The minimum absolute atomic E-state index is 0.0644. The van der Waals surface area contributed by atoms with Crippen LogP contribution in [0.3, 0.4) is 0 Å². The number of alkyl carbamates (subject to hydrolysis) is 1. The molecular formula is C31H32N4O6. The fourth-order valence-corrected chi connectivity index (χ4v) is 4.30. The van der Waals surface area contributed by atoms with Crippen molar-refractivity contribution in [3.05, 3.63) is 107 Å². The van der Waals surface area contributed by atoms with Crippen molar-refractivity contribution in [2.45, 2.75) is 26.1 Å². The first-order chi connectivity index (χ1) is 19.9. The minimum atomic E-state index is -0.746. The lowest BCUT2D eigenvalue weighted by molar-refractivity contribution is -0.144. The van der Waals surface area contributed by atoms with Crippen molar-refractivity contribution in [3.8, 4) is 0 Å². The zero-order chi connectivity index (χ0) is 29.0. The van der Waals surface area contributed by atoms with Gasteiger partial charge < -0.3 is 19.7 Å². The van der Waals surface area contributed by atoms with Gasteiger partial charge in [0.05, 0.1) is 12.3 Å². The number of esters is 1. The summed E-state index contributed by atoms with van der Waals surface area (Å²) in [4.78, 5) is 51.1. The van der Waals surface area contributed by atoms with E-state index in [0.717, 1.165) is 11.1 Å². The predicted octanol–water partition coefficient (Wildman–Crippen LogP) is 3.65. The first-order valence-electron chi connectivity index (χ1n) is 13.3. The summed E-state index contributed by atoms with van der Waals surface area (Å²) in [5.41, 5.74) is 2.55. The molecular weight excluding hydrogens is 524 g/mol. The molecule has 3 aromatic carbocycles. The van der Waals surface area contributed by atoms with Crippen LogP contribution in [0.4, 0.5) is 4.79 Å². The Balaban J connectivity index is 1.16. The van der Waals surface area contributed by atoms with Crippen LogP contribution >= 0.6 is 0 Å². The number of hydrogen-bond donors (Lipinski definition) is 3. The van der Waals surface area contributed by atoms with Crippen LogP contribution in [-0.4, -0.2) is 54.2 Å². The standard InChI is InChI=1S/C31H32N4O6/c32-28(34-31(39)41-21-23-9-5-2-6-10-23)24-11-13-25(14-12-24)30(38)35-18-16-26(19-35)29(37)33-17-15-27(36)40-20-22-7-3-1-4-8-22/h1-14,26H,15-21H2,(H,33,37)(H2,32,34,39)/t26-/m1/s1. The molecule has 0 bridgehead atoms. The van der Waals surface area contributed by atoms with Gasteiger partial charge in [-0.1, -0.05) is 72.8 Å². The molecule has 1 heterocycles. The van der Waals surface area contributed by atoms with Gasteiger partial charge in [0.1, 0.15) is 19.0 Å². The van der Waals surface area contributed by atoms with E-state index >= 15 is 0 Å². The fraction of sp³-hybridized carbons (Fsp3) is 0.258. The number of nitrogens with one attached hydrogen (secondary N) is 3. The largest absolute Gasteiger partial charge is 0.461 e. The van der Waals surface area contributed by atoms with Crippen LogP contribution in [0, 0.1) is 11.3 Å². The molecule has 10 heteroatoms. The highest BCUT2D eigenvalue weighted by Gasteiger charge is 2.31. The number of hydrogen-bond acceptors (Lipinski definition) is 7. The molecule has 10 nitrogen and oxygen atoms in total. The molecule has 1 fully saturated rings. The van der Waals surface area contributed by atoms with Gasteiger partial charge >= 0.3 is 12.1 Å². The van der Waals surface area contributed by atoms with E-state index in [-0.39, 0.29) is 56.3 Å². The summed E-state index contributed by atoms with van der Waals surface area (Å²) in [6.07, 6.45) is -0.160. The molecule has 1 atom stereocenters. The maximum atomic E-state index is 13.0. The second-order valence-electron chi connectivity index (χ2n) is 9.56. The molecule has 3 N–H and O–H groups in total. The van der Waals surface area contributed by atoms with Gasteiger partial charge in [0.2, 0.25) is 5.91 Å². The number of carbonyl (C=O) groups is 4. The maximum absolute atomic E-state index is 13.0. The highest BCUT2D eigenvalue weighted by Crippen LogP contribution is 2.19. The van der Waals surface area contributed by atoms with E-state index in [9.17, 15) is 19.2 Å². The van der Waals surface area contributed by atoms with Gasteiger partial charge in [-0.05, 0) is 29.7 Å². The van der Waals surface area contributed by atoms with Crippen LogP contribution in [0.2, 0.25) is 0 Å². The third-order valence-corrected chi connectivity index (χ3v) is 6.58. The highest BCUT2D eigenvalue weighted by molar-refractivity contribution is 6.05. The molecule has 1 aliphatic heterocycles. The Morgan fingerprint density at radius 1 is 0.805 bits per heavy atom. The summed E-state index contributed by atoms with van der Waals surface area (Å²) in [5, 5.41) is 13.3. The molecule has 41 heavy (non-hydrogen) atoms. The molecule has 0 unspecified atom stereocenters. The zero-order valence-electron chi connectivity index (χ0n) is 22.5. The number of amides is 3. The molecule has 3 amide bonds. The Morgan fingerprint density at radius 3 is 2.02 bits per heavy atom. The number of likely N-dealkylation sites (tertiary alicyclic amines) is 1. The van der Waals surface area contributed by atoms with Crippen LogP contribution in [0.25, 0.3) is 0 Å². The molecule has 212 valence electrons. The predicted molar refractivity (Wildman–Crippen MR) is 151 cm³/mol. The number of ether oxygens (including phenoxy) is 2. The lowest BCUT2D eigenvalue weighted by Gasteiger charge is -2.17. The summed E-state index contributed by atoms with van der Waals surface area (Å²) >= 11 is 0. The Morgan fingerprint density at radius 2 is 1.39 bits per heavy atom. The third-order valence-electron chi connectivity index (χ3n) is 6.58. The monoisotopic (exact) mass is 556 g/mol. The average molecular weight is 557 g/mol. The van der Waals surface area contributed by atoms with Crippen molar-refractivity contribution in [3.63, 3.8) is 0 Å². The summed E-state index contributed by atoms with van der Waals surface area (Å²) in [7, 11) is 0. The van der Waals surface area contributed by atoms with Gasteiger partial charge in [0.15, 0.2) is 0 Å². The number of rotatable bonds is 10. The van der Waals surface area contributed by atoms with Crippen LogP contribution in [-0.2, 0) is 32.3 Å². The molecule has 0 aromatic heterocycles. The van der Waals surface area contributed by atoms with E-state index < -0.39 is 12.1 Å². The molecule has 1 aliphatic rings. The van der Waals surface area contributed by atoms with E-state index in [0.29, 0.717) is 24.1 Å². The van der Waals surface area contributed by atoms with Gasteiger partial charge in [-0.3, -0.25) is 25.1 Å². The van der Waals surface area contributed by atoms with Gasteiger partial charge in [-0.25, -0.2) is 4.79 Å². The number of nitrogens with zero attached hydrogens (tertiary/aromatic N) is 1. The second-order valence-corrected chi connectivity index (χ2v) is 9.56. The van der Waals surface area contributed by atoms with E-state index in [4.69, 9.17) is 14.9 Å². The average Bonchev–Trinajstić information content (AvgIpc) is 3.50. The van der Waals surface area contributed by atoms with Gasteiger partial charge in [-0.2, -0.15) is 0 Å². The number of benzene rings is 3. The second kappa shape index (κ2) is 14.4. The smallest absolute Gasteiger partial charge is 0.413 e. The summed E-state index contributed by atoms with van der Waals surface area (Å²) < 4.78 is 10.4. The summed E-state index contributed by atoms with van der Waals surface area (Å²) in [6, 6.07) is 24.9. The Hall–Kier alpha value is -4.99. The molecule has 0 saturated carbocycles. The minimum Gasteiger partial charge on any atom is -0.461 e. The van der Waals surface area contributed by atoms with Crippen LogP contribution in [0.5, 0.6) is 0 Å². The van der Waals surface area contributed by atoms with Crippen molar-refractivity contribution in [1.29, 1.82) is 5.41 Å². The van der Waals surface area contributed by atoms with Crippen LogP contribution in [0.1, 0.15) is 39.9 Å². The van der Waals surface area contributed by atoms with Gasteiger partial charge in [0, 0.05) is 30.8 Å². The van der Waals surface area contributed by atoms with Gasteiger partial charge in [0.25, 0.3) is 5.91 Å². The van der Waals surface area contributed by atoms with Gasteiger partial charge in [-0.15, -0.1) is 0 Å². The molecule has 0 radical (unpaired) electrons. The quantitative estimate of drug-likeness (QED) is 0.198. The summed E-state index contributed by atoms with van der Waals surface area (Å²) in [6.45, 7) is 1.15. The maximum Gasteiger partial charge on any atom is 0.413 e. The topological polar surface area (TPSA) is 138 Å². The van der Waals surface area contributed by atoms with E-state index in [1.165, 1.54) is 0 Å². The highest BCUT2D eigenvalue weighted by atomic mass is 16.5. The lowest BCUT2D eigenvalue weighted by Crippen LogP contribution is -2.35. The van der Waals surface area contributed by atoms with Crippen molar-refractivity contribution in [2.75, 3.05) is 19.6 Å². The summed E-state index contributed by atoms with van der Waals surface area (Å²) in [5.74, 6) is -1.33.